The van der Waals surface area contributed by atoms with E-state index >= 15 is 0 Å². The van der Waals surface area contributed by atoms with Crippen LogP contribution < -0.4 is 0 Å². The van der Waals surface area contributed by atoms with Gasteiger partial charge in [0.05, 0.1) is 6.10 Å². The molecule has 0 aromatic heterocycles. The number of aliphatic hydroxyl groups excluding tert-OH is 1. The Balaban J connectivity index is 1.67. The van der Waals surface area contributed by atoms with Gasteiger partial charge < -0.3 is 15.3 Å². The Morgan fingerprint density at radius 3 is 2.55 bits per heavy atom. The van der Waals surface area contributed by atoms with Gasteiger partial charge in [-0.3, -0.25) is 0 Å². The minimum atomic E-state index is -1.50. The van der Waals surface area contributed by atoms with Crippen LogP contribution in [0, 0.1) is 28.6 Å². The van der Waals surface area contributed by atoms with Crippen LogP contribution >= 0.6 is 0 Å². The Kier molecular flexibility index (Phi) is 3.16. The summed E-state index contributed by atoms with van der Waals surface area (Å²) in [5, 5.41) is 30.5. The van der Waals surface area contributed by atoms with E-state index in [0.717, 1.165) is 25.7 Å². The molecule has 3 saturated carbocycles. The second-order valence-electron chi connectivity index (χ2n) is 9.06. The molecule has 22 heavy (non-hydrogen) atoms. The van der Waals surface area contributed by atoms with Gasteiger partial charge in [0, 0.05) is 12.8 Å². The molecule has 6 atom stereocenters. The molecule has 3 fully saturated rings. The Bertz CT molecular complexity index is 511. The Hall–Kier alpha value is -0.380. The van der Waals surface area contributed by atoms with Gasteiger partial charge in [-0.1, -0.05) is 25.5 Å². The van der Waals surface area contributed by atoms with Crippen LogP contribution in [-0.4, -0.2) is 27.2 Å². The zero-order valence-corrected chi connectivity index (χ0v) is 13.9. The Morgan fingerprint density at radius 2 is 1.77 bits per heavy atom. The first-order valence-corrected chi connectivity index (χ1v) is 9.09. The van der Waals surface area contributed by atoms with Gasteiger partial charge in [0.15, 0.2) is 5.79 Å². The summed E-state index contributed by atoms with van der Waals surface area (Å²) in [5.41, 5.74) is 1.55. The summed E-state index contributed by atoms with van der Waals surface area (Å²) in [6.07, 6.45) is 9.53. The summed E-state index contributed by atoms with van der Waals surface area (Å²) < 4.78 is 0. The lowest BCUT2D eigenvalue weighted by atomic mass is 9.47. The largest absolute Gasteiger partial charge is 0.393 e. The van der Waals surface area contributed by atoms with Crippen molar-refractivity contribution in [3.63, 3.8) is 0 Å². The van der Waals surface area contributed by atoms with E-state index in [1.807, 2.05) is 0 Å². The first kappa shape index (κ1) is 15.2. The lowest BCUT2D eigenvalue weighted by molar-refractivity contribution is -0.189. The number of hydrogen-bond donors (Lipinski definition) is 3. The zero-order valence-electron chi connectivity index (χ0n) is 13.9. The highest BCUT2D eigenvalue weighted by Gasteiger charge is 2.59. The predicted octanol–water partition coefficient (Wildman–Crippen LogP) is 2.99. The number of aliphatic hydroxyl groups is 3. The van der Waals surface area contributed by atoms with Gasteiger partial charge in [0.2, 0.25) is 0 Å². The third-order valence-corrected chi connectivity index (χ3v) is 8.09. The van der Waals surface area contributed by atoms with E-state index in [2.05, 4.69) is 19.9 Å². The average molecular weight is 306 g/mol. The van der Waals surface area contributed by atoms with Gasteiger partial charge in [-0.2, -0.15) is 0 Å². The highest BCUT2D eigenvalue weighted by molar-refractivity contribution is 5.26. The summed E-state index contributed by atoms with van der Waals surface area (Å²) in [4.78, 5) is 0. The van der Waals surface area contributed by atoms with Crippen LogP contribution in [0.1, 0.15) is 65.2 Å². The molecular formula is C19H30O3. The summed E-state index contributed by atoms with van der Waals surface area (Å²) in [5.74, 6) is 0.484. The predicted molar refractivity (Wildman–Crippen MR) is 84.9 cm³/mol. The van der Waals surface area contributed by atoms with Crippen LogP contribution in [0.25, 0.3) is 0 Å². The minimum absolute atomic E-state index is 0.120. The van der Waals surface area contributed by atoms with Crippen molar-refractivity contribution in [2.75, 3.05) is 0 Å². The van der Waals surface area contributed by atoms with Gasteiger partial charge in [-0.05, 0) is 67.1 Å². The standard InChI is InChI=1S/C19H30O3/c1-17-9-10-19(21,22)11-12(17)3-4-13-14-5-6-16(20)18(14,2)8-7-15(13)17/h3,13-16,20-22H,4-11H2,1-2H3/t13-,14-,15-,16-,17-,18-/m0/s1. The third-order valence-electron chi connectivity index (χ3n) is 8.09. The van der Waals surface area contributed by atoms with Gasteiger partial charge in [0.1, 0.15) is 0 Å². The van der Waals surface area contributed by atoms with Gasteiger partial charge in [0.25, 0.3) is 0 Å². The van der Waals surface area contributed by atoms with Crippen LogP contribution in [0.2, 0.25) is 0 Å². The molecule has 0 radical (unpaired) electrons. The van der Waals surface area contributed by atoms with Crippen molar-refractivity contribution in [1.29, 1.82) is 0 Å². The monoisotopic (exact) mass is 306 g/mol. The highest BCUT2D eigenvalue weighted by atomic mass is 16.5. The SMILES string of the molecule is C[C@]12CC[C@H]3[C@@H](CC=C4CC(O)(O)CC[C@@]43C)[C@@H]1CC[C@@H]2O. The first-order valence-electron chi connectivity index (χ1n) is 9.09. The van der Waals surface area contributed by atoms with Crippen molar-refractivity contribution in [3.05, 3.63) is 11.6 Å². The number of hydrogen-bond acceptors (Lipinski definition) is 3. The number of rotatable bonds is 0. The second kappa shape index (κ2) is 4.58. The molecule has 0 spiro atoms. The minimum Gasteiger partial charge on any atom is -0.393 e. The molecule has 124 valence electrons. The van der Waals surface area contributed by atoms with Crippen molar-refractivity contribution in [2.45, 2.75) is 77.1 Å². The fourth-order valence-corrected chi connectivity index (χ4v) is 6.60. The van der Waals surface area contributed by atoms with Crippen LogP contribution in [0.5, 0.6) is 0 Å². The average Bonchev–Trinajstić information content (AvgIpc) is 2.76. The van der Waals surface area contributed by atoms with Gasteiger partial charge in [-0.15, -0.1) is 0 Å². The summed E-state index contributed by atoms with van der Waals surface area (Å²) in [6, 6.07) is 0. The molecule has 0 aromatic rings. The second-order valence-corrected chi connectivity index (χ2v) is 9.06. The Labute approximate surface area is 133 Å². The third kappa shape index (κ3) is 1.91. The molecular weight excluding hydrogens is 276 g/mol. The van der Waals surface area contributed by atoms with Crippen molar-refractivity contribution < 1.29 is 15.3 Å². The van der Waals surface area contributed by atoms with Crippen LogP contribution in [0.4, 0.5) is 0 Å². The molecule has 3 N–H and O–H groups in total. The van der Waals surface area contributed by atoms with Crippen LogP contribution in [0.3, 0.4) is 0 Å². The normalized spacial score (nSPS) is 53.2. The van der Waals surface area contributed by atoms with Gasteiger partial charge >= 0.3 is 0 Å². The van der Waals surface area contributed by atoms with E-state index in [4.69, 9.17) is 0 Å². The van der Waals surface area contributed by atoms with E-state index in [0.29, 0.717) is 30.6 Å². The highest BCUT2D eigenvalue weighted by Crippen LogP contribution is 2.65. The van der Waals surface area contributed by atoms with Crippen molar-refractivity contribution in [1.82, 2.24) is 0 Å². The molecule has 0 heterocycles. The summed E-state index contributed by atoms with van der Waals surface area (Å²) >= 11 is 0. The summed E-state index contributed by atoms with van der Waals surface area (Å²) in [6.45, 7) is 4.67. The maximum Gasteiger partial charge on any atom is 0.166 e. The number of allylic oxidation sites excluding steroid dienone is 1. The molecule has 4 aliphatic rings. The molecule has 0 aromatic carbocycles. The maximum absolute atomic E-state index is 10.5. The van der Waals surface area contributed by atoms with Gasteiger partial charge in [-0.25, -0.2) is 0 Å². The van der Waals surface area contributed by atoms with Crippen LogP contribution in [-0.2, 0) is 0 Å². The fraction of sp³-hybridized carbons (Fsp3) is 0.895. The molecule has 0 saturated heterocycles. The van der Waals surface area contributed by atoms with Crippen LogP contribution in [0.15, 0.2) is 11.6 Å². The number of fused-ring (bicyclic) bond motifs is 5. The molecule has 4 rings (SSSR count). The topological polar surface area (TPSA) is 60.7 Å². The molecule has 0 unspecified atom stereocenters. The van der Waals surface area contributed by atoms with Crippen molar-refractivity contribution in [3.8, 4) is 0 Å². The first-order chi connectivity index (χ1) is 10.3. The van der Waals surface area contributed by atoms with Crippen molar-refractivity contribution in [2.24, 2.45) is 28.6 Å². The fourth-order valence-electron chi connectivity index (χ4n) is 6.60. The molecule has 0 amide bonds. The summed E-state index contributed by atoms with van der Waals surface area (Å²) in [7, 11) is 0. The Morgan fingerprint density at radius 1 is 1.00 bits per heavy atom. The maximum atomic E-state index is 10.5. The van der Waals surface area contributed by atoms with E-state index in [9.17, 15) is 15.3 Å². The molecule has 0 aliphatic heterocycles. The molecule has 4 aliphatic carbocycles. The van der Waals surface area contributed by atoms with Crippen molar-refractivity contribution >= 4 is 0 Å². The molecule has 3 heteroatoms. The molecule has 0 bridgehead atoms. The van der Waals surface area contributed by atoms with E-state index < -0.39 is 5.79 Å². The zero-order chi connectivity index (χ0) is 15.8. The lowest BCUT2D eigenvalue weighted by Gasteiger charge is -2.58. The smallest absolute Gasteiger partial charge is 0.166 e. The molecule has 3 nitrogen and oxygen atoms in total. The quantitative estimate of drug-likeness (QED) is 0.476. The van der Waals surface area contributed by atoms with E-state index in [1.165, 1.54) is 18.4 Å². The van der Waals surface area contributed by atoms with E-state index in [-0.39, 0.29) is 16.9 Å². The van der Waals surface area contributed by atoms with E-state index in [1.54, 1.807) is 0 Å². The lowest BCUT2D eigenvalue weighted by Crippen LogP contribution is -2.52.